The van der Waals surface area contributed by atoms with Gasteiger partial charge in [-0.1, -0.05) is 17.7 Å². The quantitative estimate of drug-likeness (QED) is 0.129. The summed E-state index contributed by atoms with van der Waals surface area (Å²) in [6.45, 7) is 0. The van der Waals surface area contributed by atoms with Gasteiger partial charge in [0.2, 0.25) is 11.9 Å². The Bertz CT molecular complexity index is 1550. The standard InChI is InChI=1S/C25H27ClN6O9/c26-14-9-11(1-3-12-10-28-20-19(12)22(37)32-25(27)31-20)2-4-13(14)21(36)30-16(24(40)41)5-7-17(33)29-15(23(38)39)6-8-18(34)35/h2,4,9-10,15-16H,1,3,5-8H2,(H,29,33)(H,30,36)(H,34,35)(H,38,39)(H,40,41)(H4,27,28,31,32,37)/t15-,16-/m0/s1. The molecule has 0 unspecified atom stereocenters. The molecule has 0 fully saturated rings. The molecule has 0 saturated carbocycles. The molecule has 3 rings (SSSR count). The average Bonchev–Trinajstić information content (AvgIpc) is 3.30. The largest absolute Gasteiger partial charge is 0.481 e. The Hall–Kier alpha value is -4.92. The molecule has 2 atom stereocenters. The molecule has 0 aliphatic rings. The smallest absolute Gasteiger partial charge is 0.326 e. The van der Waals surface area contributed by atoms with Crippen molar-refractivity contribution in [3.05, 3.63) is 56.5 Å². The van der Waals surface area contributed by atoms with Crippen LogP contribution >= 0.6 is 11.6 Å². The van der Waals surface area contributed by atoms with Gasteiger partial charge in [0.1, 0.15) is 17.7 Å². The Labute approximate surface area is 236 Å². The van der Waals surface area contributed by atoms with Crippen molar-refractivity contribution in [2.45, 2.75) is 50.6 Å². The molecule has 0 saturated heterocycles. The number of nitrogens with zero attached hydrogens (tertiary/aromatic N) is 1. The lowest BCUT2D eigenvalue weighted by atomic mass is 10.0. The van der Waals surface area contributed by atoms with Crippen molar-refractivity contribution in [1.29, 1.82) is 0 Å². The summed E-state index contributed by atoms with van der Waals surface area (Å²) < 4.78 is 0. The minimum absolute atomic E-state index is 0.00561. The molecule has 2 heterocycles. The number of aryl methyl sites for hydroxylation is 2. The van der Waals surface area contributed by atoms with Gasteiger partial charge in [0.05, 0.1) is 16.0 Å². The van der Waals surface area contributed by atoms with Gasteiger partial charge in [0, 0.05) is 19.0 Å². The maximum absolute atomic E-state index is 12.8. The highest BCUT2D eigenvalue weighted by Crippen LogP contribution is 2.21. The number of H-pyrrole nitrogens is 2. The van der Waals surface area contributed by atoms with Gasteiger partial charge < -0.3 is 36.7 Å². The number of anilines is 1. The molecular formula is C25H27ClN6O9. The molecular weight excluding hydrogens is 564 g/mol. The van der Waals surface area contributed by atoms with Crippen molar-refractivity contribution >= 4 is 58.3 Å². The maximum atomic E-state index is 12.8. The van der Waals surface area contributed by atoms with Crippen LogP contribution < -0.4 is 21.9 Å². The number of nitrogens with one attached hydrogen (secondary N) is 4. The fourth-order valence-corrected chi connectivity index (χ4v) is 4.34. The normalized spacial score (nSPS) is 12.4. The number of carbonyl (C=O) groups excluding carboxylic acids is 2. The molecule has 0 spiro atoms. The van der Waals surface area contributed by atoms with Gasteiger partial charge in [0.15, 0.2) is 0 Å². The summed E-state index contributed by atoms with van der Waals surface area (Å²) in [5.74, 6) is -5.72. The van der Waals surface area contributed by atoms with Crippen LogP contribution in [0.4, 0.5) is 5.95 Å². The van der Waals surface area contributed by atoms with Crippen LogP contribution in [0, 0.1) is 0 Å². The molecule has 15 nitrogen and oxygen atoms in total. The van der Waals surface area contributed by atoms with E-state index in [1.54, 1.807) is 12.3 Å². The van der Waals surface area contributed by atoms with Gasteiger partial charge in [-0.05, 0) is 48.9 Å². The predicted molar refractivity (Wildman–Crippen MR) is 145 cm³/mol. The number of halogens is 1. The van der Waals surface area contributed by atoms with E-state index in [9.17, 15) is 33.9 Å². The maximum Gasteiger partial charge on any atom is 0.326 e. The fourth-order valence-electron chi connectivity index (χ4n) is 4.06. The van der Waals surface area contributed by atoms with E-state index in [2.05, 4.69) is 25.6 Å². The number of aromatic amines is 2. The van der Waals surface area contributed by atoms with Crippen molar-refractivity contribution < 1.29 is 39.3 Å². The first-order valence-corrected chi connectivity index (χ1v) is 12.6. The molecule has 3 aromatic rings. The molecule has 1 aromatic carbocycles. The number of hydrogen-bond acceptors (Lipinski definition) is 8. The Morgan fingerprint density at radius 3 is 2.27 bits per heavy atom. The summed E-state index contributed by atoms with van der Waals surface area (Å²) in [7, 11) is 0. The summed E-state index contributed by atoms with van der Waals surface area (Å²) in [4.78, 5) is 80.1. The van der Waals surface area contributed by atoms with Crippen LogP contribution in [-0.4, -0.2) is 72.1 Å². The van der Waals surface area contributed by atoms with Crippen LogP contribution in [0.3, 0.4) is 0 Å². The van der Waals surface area contributed by atoms with Gasteiger partial charge in [-0.25, -0.2) is 9.59 Å². The van der Waals surface area contributed by atoms with Crippen LogP contribution in [-0.2, 0) is 32.0 Å². The first-order chi connectivity index (χ1) is 19.3. The second-order valence-corrected chi connectivity index (χ2v) is 9.50. The Morgan fingerprint density at radius 1 is 0.976 bits per heavy atom. The molecule has 218 valence electrons. The minimum atomic E-state index is -1.49. The number of carboxylic acids is 3. The van der Waals surface area contributed by atoms with E-state index in [1.165, 1.54) is 12.1 Å². The number of carbonyl (C=O) groups is 5. The molecule has 41 heavy (non-hydrogen) atoms. The highest BCUT2D eigenvalue weighted by Gasteiger charge is 2.25. The highest BCUT2D eigenvalue weighted by atomic mass is 35.5. The zero-order valence-electron chi connectivity index (χ0n) is 21.4. The van der Waals surface area contributed by atoms with Gasteiger partial charge in [-0.2, -0.15) is 4.98 Å². The number of nitrogens with two attached hydrogens (primary N) is 1. The van der Waals surface area contributed by atoms with Crippen molar-refractivity contribution in [1.82, 2.24) is 25.6 Å². The van der Waals surface area contributed by atoms with Crippen molar-refractivity contribution in [3.8, 4) is 0 Å². The third-order valence-electron chi connectivity index (χ3n) is 6.15. The second-order valence-electron chi connectivity index (χ2n) is 9.10. The van der Waals surface area contributed by atoms with Crippen molar-refractivity contribution in [2.75, 3.05) is 5.73 Å². The molecule has 0 radical (unpaired) electrons. The lowest BCUT2D eigenvalue weighted by molar-refractivity contribution is -0.143. The summed E-state index contributed by atoms with van der Waals surface area (Å²) in [6, 6.07) is 1.64. The zero-order chi connectivity index (χ0) is 30.3. The number of aromatic nitrogens is 3. The monoisotopic (exact) mass is 590 g/mol. The summed E-state index contributed by atoms with van der Waals surface area (Å²) >= 11 is 6.30. The number of aliphatic carboxylic acids is 3. The van der Waals surface area contributed by atoms with Crippen LogP contribution in [0.1, 0.15) is 47.2 Å². The molecule has 2 aromatic heterocycles. The van der Waals surface area contributed by atoms with E-state index in [4.69, 9.17) is 27.5 Å². The van der Waals surface area contributed by atoms with E-state index in [-0.39, 0.29) is 34.9 Å². The molecule has 0 bridgehead atoms. The van der Waals surface area contributed by atoms with E-state index in [0.717, 1.165) is 5.56 Å². The van der Waals surface area contributed by atoms with Crippen LogP contribution in [0.15, 0.2) is 29.2 Å². The number of hydrogen-bond donors (Lipinski definition) is 8. The van der Waals surface area contributed by atoms with Crippen LogP contribution in [0.5, 0.6) is 0 Å². The number of fused-ring (bicyclic) bond motifs is 1. The van der Waals surface area contributed by atoms with E-state index < -0.39 is 54.6 Å². The van der Waals surface area contributed by atoms with Crippen LogP contribution in [0.25, 0.3) is 11.0 Å². The van der Waals surface area contributed by atoms with E-state index in [0.29, 0.717) is 29.4 Å². The SMILES string of the molecule is Nc1nc2[nH]cc(CCc3ccc(C(=O)N[C@@H](CCC(=O)N[C@@H](CCC(=O)O)C(=O)O)C(=O)O)c(Cl)c3)c2c(=O)[nH]1. The average molecular weight is 591 g/mol. The third kappa shape index (κ3) is 8.28. The minimum Gasteiger partial charge on any atom is -0.481 e. The molecule has 9 N–H and O–H groups in total. The topological polar surface area (TPSA) is 258 Å². The number of amides is 2. The fraction of sp³-hybridized carbons (Fsp3) is 0.320. The van der Waals surface area contributed by atoms with E-state index in [1.807, 2.05) is 0 Å². The number of benzene rings is 1. The third-order valence-corrected chi connectivity index (χ3v) is 6.46. The summed E-state index contributed by atoms with van der Waals surface area (Å²) in [5.41, 5.74) is 6.98. The van der Waals surface area contributed by atoms with Gasteiger partial charge in [-0.15, -0.1) is 0 Å². The van der Waals surface area contributed by atoms with E-state index >= 15 is 0 Å². The second kappa shape index (κ2) is 13.4. The highest BCUT2D eigenvalue weighted by molar-refractivity contribution is 6.34. The molecule has 0 aliphatic carbocycles. The Kier molecular flexibility index (Phi) is 10.0. The van der Waals surface area contributed by atoms with Crippen molar-refractivity contribution in [2.24, 2.45) is 0 Å². The molecule has 0 aliphatic heterocycles. The Balaban J connectivity index is 1.59. The predicted octanol–water partition coefficient (Wildman–Crippen LogP) is 0.669. The van der Waals surface area contributed by atoms with Gasteiger partial charge in [-0.3, -0.25) is 24.2 Å². The summed E-state index contributed by atoms with van der Waals surface area (Å²) in [6.07, 6.45) is 0.905. The lowest BCUT2D eigenvalue weighted by Gasteiger charge is -2.17. The Morgan fingerprint density at radius 2 is 1.63 bits per heavy atom. The van der Waals surface area contributed by atoms with Crippen molar-refractivity contribution in [3.63, 3.8) is 0 Å². The molecule has 2 amide bonds. The zero-order valence-corrected chi connectivity index (χ0v) is 22.2. The lowest BCUT2D eigenvalue weighted by Crippen LogP contribution is -2.44. The first-order valence-electron chi connectivity index (χ1n) is 12.3. The number of rotatable bonds is 14. The molecule has 16 heteroatoms. The van der Waals surface area contributed by atoms with Gasteiger partial charge in [0.25, 0.3) is 11.5 Å². The first kappa shape index (κ1) is 30.6. The summed E-state index contributed by atoms with van der Waals surface area (Å²) in [5, 5.41) is 32.2. The van der Waals surface area contributed by atoms with Gasteiger partial charge >= 0.3 is 17.9 Å². The number of nitrogen functional groups attached to an aromatic ring is 1. The number of carboxylic acid groups (broad SMARTS) is 3. The van der Waals surface area contributed by atoms with Crippen LogP contribution in [0.2, 0.25) is 5.02 Å².